The van der Waals surface area contributed by atoms with Gasteiger partial charge in [-0.1, -0.05) is 17.8 Å². The van der Waals surface area contributed by atoms with Crippen molar-refractivity contribution < 1.29 is 19.1 Å². The van der Waals surface area contributed by atoms with E-state index in [2.05, 4.69) is 60.0 Å². The first-order valence-corrected chi connectivity index (χ1v) is 19.5. The highest BCUT2D eigenvalue weighted by molar-refractivity contribution is 9.10. The molecule has 1 aromatic carbocycles. The SMILES string of the molecule is C[C@@H]1OCC2(CCN(c3cnc(Sc4ccnc(N5CCN(Cc6cc(Br)c7c(c6)CN(C6CCC(=O)NC6=O)C7=O)CC5)c4)c(N)n3)CC2)[C@@H]1N. The molecule has 1 spiro atoms. The molecule has 2 aromatic heterocycles. The minimum absolute atomic E-state index is 0.0454. The van der Waals surface area contributed by atoms with E-state index in [1.165, 1.54) is 11.8 Å². The van der Waals surface area contributed by atoms with Crippen molar-refractivity contribution in [3.8, 4) is 0 Å². The van der Waals surface area contributed by atoms with Crippen LogP contribution in [0, 0.1) is 5.41 Å². The van der Waals surface area contributed by atoms with E-state index in [1.54, 1.807) is 4.90 Å². The standard InChI is InChI=1S/C36H43BrN10O4S/c1-21-31(38)36(20-51-21)5-8-45(9-6-36)28-17-41-34(32(39)42-28)52-24-4-7-40-27(16-24)46-12-10-44(11-13-46)18-22-14-23-19-47(35(50)30(23)25(37)15-22)26-2-3-29(48)43-33(26)49/h4,7,14-17,21,26,31H,2-3,5-6,8-13,18-20,38H2,1H3,(H2,39,42)(H,43,48,49)/t21-,26?,31+/m0/s1. The highest BCUT2D eigenvalue weighted by Gasteiger charge is 2.47. The van der Waals surface area contributed by atoms with E-state index in [-0.39, 0.29) is 35.8 Å². The summed E-state index contributed by atoms with van der Waals surface area (Å²) >= 11 is 5.12. The number of rotatable bonds is 7. The van der Waals surface area contributed by atoms with E-state index in [9.17, 15) is 14.4 Å². The molecule has 4 saturated heterocycles. The van der Waals surface area contributed by atoms with Gasteiger partial charge in [0.2, 0.25) is 11.8 Å². The number of piperidine rings is 2. The second-order valence-corrected chi connectivity index (χ2v) is 16.5. The number of anilines is 3. The second kappa shape index (κ2) is 14.2. The molecule has 5 aliphatic heterocycles. The normalized spacial score (nSPS) is 24.9. The van der Waals surface area contributed by atoms with Gasteiger partial charge in [0.15, 0.2) is 5.82 Å². The lowest BCUT2D eigenvalue weighted by molar-refractivity contribution is -0.136. The predicted octanol–water partition coefficient (Wildman–Crippen LogP) is 2.78. The number of amides is 3. The van der Waals surface area contributed by atoms with Crippen molar-refractivity contribution in [1.29, 1.82) is 0 Å². The van der Waals surface area contributed by atoms with Gasteiger partial charge >= 0.3 is 0 Å². The molecule has 1 unspecified atom stereocenters. The number of benzene rings is 1. The Kier molecular flexibility index (Phi) is 9.61. The fraction of sp³-hybridized carbons (Fsp3) is 0.500. The molecule has 3 aromatic rings. The van der Waals surface area contributed by atoms with Crippen molar-refractivity contribution in [3.05, 3.63) is 57.8 Å². The average Bonchev–Trinajstić information content (AvgIpc) is 3.61. The molecule has 5 aliphatic rings. The van der Waals surface area contributed by atoms with E-state index in [4.69, 9.17) is 26.2 Å². The van der Waals surface area contributed by atoms with Crippen LogP contribution >= 0.6 is 27.7 Å². The summed E-state index contributed by atoms with van der Waals surface area (Å²) in [5, 5.41) is 3.04. The minimum Gasteiger partial charge on any atom is -0.381 e. The van der Waals surface area contributed by atoms with Crippen molar-refractivity contribution in [2.24, 2.45) is 11.1 Å². The van der Waals surface area contributed by atoms with Crippen molar-refractivity contribution in [3.63, 3.8) is 0 Å². The zero-order valence-electron chi connectivity index (χ0n) is 29.1. The highest BCUT2D eigenvalue weighted by atomic mass is 79.9. The molecule has 0 bridgehead atoms. The van der Waals surface area contributed by atoms with E-state index in [1.807, 2.05) is 24.5 Å². The lowest BCUT2D eigenvalue weighted by Gasteiger charge is -2.41. The van der Waals surface area contributed by atoms with Crippen molar-refractivity contribution >= 4 is 62.9 Å². The summed E-state index contributed by atoms with van der Waals surface area (Å²) in [4.78, 5) is 61.0. The fourth-order valence-electron chi connectivity index (χ4n) is 8.22. The molecule has 14 nitrogen and oxygen atoms in total. The topological polar surface area (TPSA) is 176 Å². The lowest BCUT2D eigenvalue weighted by Crippen LogP contribution is -2.52. The first kappa shape index (κ1) is 35.2. The number of nitrogens with two attached hydrogens (primary N) is 2. The third-order valence-corrected chi connectivity index (χ3v) is 13.0. The molecule has 0 saturated carbocycles. The first-order chi connectivity index (χ1) is 25.1. The Balaban J connectivity index is 0.854. The molecule has 0 radical (unpaired) electrons. The third kappa shape index (κ3) is 6.75. The van der Waals surface area contributed by atoms with Crippen LogP contribution in [-0.2, 0) is 27.4 Å². The van der Waals surface area contributed by atoms with Gasteiger partial charge in [-0.15, -0.1) is 0 Å². The van der Waals surface area contributed by atoms with Crippen LogP contribution in [0.15, 0.2) is 51.1 Å². The molecule has 8 rings (SSSR count). The van der Waals surface area contributed by atoms with Gasteiger partial charge in [-0.3, -0.25) is 24.6 Å². The number of piperazine rings is 1. The van der Waals surface area contributed by atoms with Gasteiger partial charge in [0.1, 0.15) is 22.7 Å². The molecule has 3 amide bonds. The molecule has 52 heavy (non-hydrogen) atoms. The predicted molar refractivity (Wildman–Crippen MR) is 200 cm³/mol. The van der Waals surface area contributed by atoms with Crippen molar-refractivity contribution in [1.82, 2.24) is 30.1 Å². The molecule has 0 aliphatic carbocycles. The first-order valence-electron chi connectivity index (χ1n) is 17.9. The Morgan fingerprint density at radius 2 is 1.81 bits per heavy atom. The molecule has 4 fully saturated rings. The number of nitrogen functional groups attached to an aromatic ring is 1. The third-order valence-electron chi connectivity index (χ3n) is 11.3. The monoisotopic (exact) mass is 790 g/mol. The second-order valence-electron chi connectivity index (χ2n) is 14.5. The van der Waals surface area contributed by atoms with E-state index < -0.39 is 11.9 Å². The summed E-state index contributed by atoms with van der Waals surface area (Å²) in [5.74, 6) is 1.24. The largest absolute Gasteiger partial charge is 0.381 e. The Morgan fingerprint density at radius 3 is 2.52 bits per heavy atom. The van der Waals surface area contributed by atoms with Gasteiger partial charge in [-0.25, -0.2) is 15.0 Å². The van der Waals surface area contributed by atoms with Gasteiger partial charge in [-0.05, 0) is 71.4 Å². The van der Waals surface area contributed by atoms with Crippen LogP contribution in [0.3, 0.4) is 0 Å². The molecule has 16 heteroatoms. The zero-order chi connectivity index (χ0) is 36.1. The summed E-state index contributed by atoms with van der Waals surface area (Å²) in [6, 6.07) is 7.56. The average molecular weight is 792 g/mol. The summed E-state index contributed by atoms with van der Waals surface area (Å²) in [7, 11) is 0. The molecule has 3 atom stereocenters. The van der Waals surface area contributed by atoms with Gasteiger partial charge in [0.25, 0.3) is 5.91 Å². The number of nitrogens with one attached hydrogen (secondary N) is 1. The smallest absolute Gasteiger partial charge is 0.256 e. The maximum Gasteiger partial charge on any atom is 0.256 e. The number of aromatic nitrogens is 3. The van der Waals surface area contributed by atoms with E-state index >= 15 is 0 Å². The number of pyridine rings is 1. The van der Waals surface area contributed by atoms with E-state index in [0.29, 0.717) is 29.4 Å². The summed E-state index contributed by atoms with van der Waals surface area (Å²) in [5.41, 5.74) is 15.6. The van der Waals surface area contributed by atoms with Crippen LogP contribution in [0.5, 0.6) is 0 Å². The molecule has 7 heterocycles. The van der Waals surface area contributed by atoms with Crippen LogP contribution < -0.4 is 26.6 Å². The van der Waals surface area contributed by atoms with Gasteiger partial charge < -0.3 is 30.9 Å². The molecular formula is C36H43BrN10O4S. The minimum atomic E-state index is -0.632. The quantitative estimate of drug-likeness (QED) is 0.298. The number of carbonyl (C=O) groups is 3. The fourth-order valence-corrected chi connectivity index (χ4v) is 9.71. The Labute approximate surface area is 315 Å². The molecular weight excluding hydrogens is 748 g/mol. The summed E-state index contributed by atoms with van der Waals surface area (Å²) in [6.07, 6.45) is 6.24. The van der Waals surface area contributed by atoms with Crippen LogP contribution in [0.4, 0.5) is 17.5 Å². The van der Waals surface area contributed by atoms with Crippen LogP contribution in [0.1, 0.15) is 54.1 Å². The number of imide groups is 1. The number of halogens is 1. The Morgan fingerprint density at radius 1 is 1.04 bits per heavy atom. The lowest BCUT2D eigenvalue weighted by atomic mass is 9.73. The van der Waals surface area contributed by atoms with Gasteiger partial charge in [-0.2, -0.15) is 0 Å². The summed E-state index contributed by atoms with van der Waals surface area (Å²) in [6.45, 7) is 8.92. The maximum absolute atomic E-state index is 13.3. The Bertz CT molecular complexity index is 1900. The zero-order valence-corrected chi connectivity index (χ0v) is 31.5. The van der Waals surface area contributed by atoms with Crippen LogP contribution in [0.25, 0.3) is 0 Å². The van der Waals surface area contributed by atoms with Crippen LogP contribution in [0.2, 0.25) is 0 Å². The van der Waals surface area contributed by atoms with E-state index in [0.717, 1.165) is 97.4 Å². The highest BCUT2D eigenvalue weighted by Crippen LogP contribution is 2.42. The summed E-state index contributed by atoms with van der Waals surface area (Å²) < 4.78 is 6.61. The number of carbonyl (C=O) groups excluding carboxylic acids is 3. The van der Waals surface area contributed by atoms with Crippen molar-refractivity contribution in [2.45, 2.75) is 73.8 Å². The Hall–Kier alpha value is -3.83. The number of nitrogens with zero attached hydrogens (tertiary/aromatic N) is 7. The van der Waals surface area contributed by atoms with Crippen molar-refractivity contribution in [2.75, 3.05) is 61.4 Å². The van der Waals surface area contributed by atoms with Gasteiger partial charge in [0, 0.05) is 85.8 Å². The molecule has 5 N–H and O–H groups in total. The molecule has 274 valence electrons. The van der Waals surface area contributed by atoms with Crippen LogP contribution in [-0.4, -0.2) is 107 Å². The number of hydrogen-bond acceptors (Lipinski definition) is 13. The van der Waals surface area contributed by atoms with Gasteiger partial charge in [0.05, 0.1) is 24.5 Å². The number of hydrogen-bond donors (Lipinski definition) is 3. The number of fused-ring (bicyclic) bond motifs is 1. The maximum atomic E-state index is 13.3. The number of ether oxygens (including phenoxy) is 1.